The summed E-state index contributed by atoms with van der Waals surface area (Å²) >= 11 is 6.14. The number of halogens is 1. The molecule has 30 heavy (non-hydrogen) atoms. The molecule has 11 heteroatoms. The molecule has 0 radical (unpaired) electrons. The summed E-state index contributed by atoms with van der Waals surface area (Å²) in [6, 6.07) is 6.71. The number of nitro benzene ring substituents is 1. The molecule has 0 spiro atoms. The minimum atomic E-state index is -0.813. The predicted molar refractivity (Wildman–Crippen MR) is 106 cm³/mol. The normalized spacial score (nSPS) is 12.5. The van der Waals surface area contributed by atoms with E-state index in [1.807, 2.05) is 0 Å². The van der Waals surface area contributed by atoms with Crippen molar-refractivity contribution in [2.24, 2.45) is 0 Å². The molecule has 0 fully saturated rings. The number of methoxy groups -OCH3 is 1. The lowest BCUT2D eigenvalue weighted by Crippen LogP contribution is -2.21. The number of esters is 1. The molecular weight excluding hydrogens is 420 g/mol. The summed E-state index contributed by atoms with van der Waals surface area (Å²) < 4.78 is 20.9. The number of fused-ring (bicyclic) bond motifs is 1. The second-order valence-corrected chi connectivity index (χ2v) is 6.51. The van der Waals surface area contributed by atoms with Gasteiger partial charge in [-0.05, 0) is 24.3 Å². The van der Waals surface area contributed by atoms with Gasteiger partial charge < -0.3 is 24.3 Å². The summed E-state index contributed by atoms with van der Waals surface area (Å²) in [5.41, 5.74) is -0.336. The van der Waals surface area contributed by atoms with Gasteiger partial charge in [-0.1, -0.05) is 11.6 Å². The zero-order valence-corrected chi connectivity index (χ0v) is 16.6. The molecule has 1 aliphatic rings. The Labute approximate surface area is 175 Å². The lowest BCUT2D eigenvalue weighted by Gasteiger charge is -2.11. The average Bonchev–Trinajstić information content (AvgIpc) is 2.98. The molecule has 2 aromatic rings. The van der Waals surface area contributed by atoms with Crippen molar-refractivity contribution in [3.63, 3.8) is 0 Å². The van der Waals surface area contributed by atoms with Crippen LogP contribution in [0.5, 0.6) is 17.2 Å². The maximum atomic E-state index is 12.3. The summed E-state index contributed by atoms with van der Waals surface area (Å²) in [5.74, 6) is -0.651. The molecule has 0 aliphatic carbocycles. The van der Waals surface area contributed by atoms with E-state index in [-0.39, 0.29) is 27.7 Å². The summed E-state index contributed by atoms with van der Waals surface area (Å²) in [6.45, 7) is 0.188. The predicted octanol–water partition coefficient (Wildman–Crippen LogP) is 3.21. The number of carbonyl (C=O) groups is 2. The van der Waals surface area contributed by atoms with Gasteiger partial charge in [0.15, 0.2) is 18.1 Å². The zero-order valence-electron chi connectivity index (χ0n) is 15.8. The van der Waals surface area contributed by atoms with E-state index in [0.29, 0.717) is 31.1 Å². The van der Waals surface area contributed by atoms with Crippen LogP contribution in [0.25, 0.3) is 0 Å². The van der Waals surface area contributed by atoms with E-state index in [4.69, 9.17) is 30.5 Å². The standard InChI is InChI=1S/C19H17ClN2O8/c1-27-12-3-4-14(15(9-12)22(25)26)21-17(23)10-30-19(24)11-7-13(20)18-16(8-11)28-5-2-6-29-18/h3-4,7-9H,2,5-6,10H2,1H3,(H,21,23). The molecule has 1 N–H and O–H groups in total. The molecule has 0 saturated carbocycles. The van der Waals surface area contributed by atoms with Crippen molar-refractivity contribution in [2.45, 2.75) is 6.42 Å². The van der Waals surface area contributed by atoms with Crippen molar-refractivity contribution in [3.8, 4) is 17.2 Å². The van der Waals surface area contributed by atoms with Crippen LogP contribution in [0.4, 0.5) is 11.4 Å². The lowest BCUT2D eigenvalue weighted by atomic mass is 10.2. The molecule has 1 aliphatic heterocycles. The van der Waals surface area contributed by atoms with Crippen LogP contribution >= 0.6 is 11.6 Å². The third kappa shape index (κ3) is 4.90. The van der Waals surface area contributed by atoms with Gasteiger partial charge in [-0.2, -0.15) is 0 Å². The van der Waals surface area contributed by atoms with Crippen LogP contribution in [0.3, 0.4) is 0 Å². The Bertz CT molecular complexity index is 995. The summed E-state index contributed by atoms with van der Waals surface area (Å²) in [5, 5.41) is 13.7. The molecule has 0 unspecified atom stereocenters. The maximum absolute atomic E-state index is 12.3. The number of nitrogens with one attached hydrogen (secondary N) is 1. The van der Waals surface area contributed by atoms with E-state index in [1.165, 1.54) is 37.4 Å². The number of benzene rings is 2. The van der Waals surface area contributed by atoms with Crippen LogP contribution in [0.15, 0.2) is 30.3 Å². The van der Waals surface area contributed by atoms with Crippen molar-refractivity contribution in [1.82, 2.24) is 0 Å². The maximum Gasteiger partial charge on any atom is 0.338 e. The molecule has 0 saturated heterocycles. The number of hydrogen-bond acceptors (Lipinski definition) is 8. The fourth-order valence-corrected chi connectivity index (χ4v) is 2.91. The Balaban J connectivity index is 1.65. The van der Waals surface area contributed by atoms with E-state index in [0.717, 1.165) is 0 Å². The van der Waals surface area contributed by atoms with Crippen molar-refractivity contribution >= 4 is 34.9 Å². The molecule has 158 valence electrons. The molecule has 2 aromatic carbocycles. The van der Waals surface area contributed by atoms with Crippen LogP contribution in [0, 0.1) is 10.1 Å². The van der Waals surface area contributed by atoms with Crippen LogP contribution in [0.2, 0.25) is 5.02 Å². The quantitative estimate of drug-likeness (QED) is 0.415. The van der Waals surface area contributed by atoms with Gasteiger partial charge in [0.1, 0.15) is 11.4 Å². The number of carbonyl (C=O) groups excluding carboxylic acids is 2. The lowest BCUT2D eigenvalue weighted by molar-refractivity contribution is -0.384. The van der Waals surface area contributed by atoms with Crippen molar-refractivity contribution in [3.05, 3.63) is 51.0 Å². The smallest absolute Gasteiger partial charge is 0.338 e. The fraction of sp³-hybridized carbons (Fsp3) is 0.263. The molecule has 0 bridgehead atoms. The Morgan fingerprint density at radius 1 is 1.23 bits per heavy atom. The highest BCUT2D eigenvalue weighted by atomic mass is 35.5. The van der Waals surface area contributed by atoms with Crippen molar-refractivity contribution in [2.75, 3.05) is 32.2 Å². The first-order chi connectivity index (χ1) is 14.4. The zero-order chi connectivity index (χ0) is 21.7. The van der Waals surface area contributed by atoms with Crippen molar-refractivity contribution in [1.29, 1.82) is 0 Å². The second-order valence-electron chi connectivity index (χ2n) is 6.10. The van der Waals surface area contributed by atoms with Gasteiger partial charge in [0.25, 0.3) is 11.6 Å². The van der Waals surface area contributed by atoms with Crippen LogP contribution in [-0.4, -0.2) is 43.7 Å². The second kappa shape index (κ2) is 9.31. The van der Waals surface area contributed by atoms with Gasteiger partial charge >= 0.3 is 5.97 Å². The molecular formula is C19H17ClN2O8. The number of nitrogens with zero attached hydrogens (tertiary/aromatic N) is 1. The highest BCUT2D eigenvalue weighted by Crippen LogP contribution is 2.38. The number of hydrogen-bond donors (Lipinski definition) is 1. The molecule has 3 rings (SSSR count). The minimum absolute atomic E-state index is 0.0551. The van der Waals surface area contributed by atoms with E-state index in [1.54, 1.807) is 0 Å². The first kappa shape index (κ1) is 21.2. The number of nitro groups is 1. The SMILES string of the molecule is COc1ccc(NC(=O)COC(=O)c2cc(Cl)c3c(c2)OCCCO3)c([N+](=O)[O-])c1. The Kier molecular flexibility index (Phi) is 6.58. The third-order valence-corrected chi connectivity index (χ3v) is 4.33. The highest BCUT2D eigenvalue weighted by molar-refractivity contribution is 6.32. The fourth-order valence-electron chi connectivity index (χ4n) is 2.64. The van der Waals surface area contributed by atoms with Gasteiger partial charge in [0.2, 0.25) is 0 Å². The number of ether oxygens (including phenoxy) is 4. The van der Waals surface area contributed by atoms with E-state index < -0.39 is 23.4 Å². The molecule has 1 amide bonds. The number of anilines is 1. The van der Waals surface area contributed by atoms with E-state index >= 15 is 0 Å². The van der Waals surface area contributed by atoms with Crippen LogP contribution in [-0.2, 0) is 9.53 Å². The van der Waals surface area contributed by atoms with Gasteiger partial charge in [0.05, 0.1) is 41.9 Å². The van der Waals surface area contributed by atoms with Gasteiger partial charge in [-0.3, -0.25) is 14.9 Å². The molecule has 0 aromatic heterocycles. The van der Waals surface area contributed by atoms with Crippen LogP contribution < -0.4 is 19.5 Å². The van der Waals surface area contributed by atoms with E-state index in [2.05, 4.69) is 5.32 Å². The highest BCUT2D eigenvalue weighted by Gasteiger charge is 2.21. The van der Waals surface area contributed by atoms with Gasteiger partial charge in [0, 0.05) is 6.42 Å². The first-order valence-electron chi connectivity index (χ1n) is 8.77. The molecule has 10 nitrogen and oxygen atoms in total. The summed E-state index contributed by atoms with van der Waals surface area (Å²) in [6.07, 6.45) is 0.669. The third-order valence-electron chi connectivity index (χ3n) is 4.05. The Morgan fingerprint density at radius 2 is 2.00 bits per heavy atom. The summed E-state index contributed by atoms with van der Waals surface area (Å²) in [4.78, 5) is 34.9. The molecule has 0 atom stereocenters. The number of rotatable bonds is 6. The van der Waals surface area contributed by atoms with Crippen LogP contribution in [0.1, 0.15) is 16.8 Å². The first-order valence-corrected chi connectivity index (χ1v) is 9.15. The molecule has 1 heterocycles. The Hall–Kier alpha value is -3.53. The van der Waals surface area contributed by atoms with Gasteiger partial charge in [-0.15, -0.1) is 0 Å². The van der Waals surface area contributed by atoms with Gasteiger partial charge in [-0.25, -0.2) is 4.79 Å². The van der Waals surface area contributed by atoms with E-state index in [9.17, 15) is 19.7 Å². The monoisotopic (exact) mass is 436 g/mol. The largest absolute Gasteiger partial charge is 0.496 e. The number of amides is 1. The van der Waals surface area contributed by atoms with Crippen molar-refractivity contribution < 1.29 is 33.5 Å². The minimum Gasteiger partial charge on any atom is -0.496 e. The average molecular weight is 437 g/mol. The topological polar surface area (TPSA) is 126 Å². The Morgan fingerprint density at radius 3 is 2.73 bits per heavy atom. The summed E-state index contributed by atoms with van der Waals surface area (Å²) in [7, 11) is 1.36.